The zero-order chi connectivity index (χ0) is 13.8. The third-order valence-electron chi connectivity index (χ3n) is 2.14. The molecule has 19 heavy (non-hydrogen) atoms. The molecule has 7 nitrogen and oxygen atoms in total. The third-order valence-corrected chi connectivity index (χ3v) is 2.14. The third kappa shape index (κ3) is 2.85. The molecule has 2 aromatic rings. The summed E-state index contributed by atoms with van der Waals surface area (Å²) in [5.74, 6) is 4.62. The molecular formula is C11H9FN6O. The second kappa shape index (κ2) is 5.16. The van der Waals surface area contributed by atoms with E-state index in [0.717, 1.165) is 6.07 Å². The van der Waals surface area contributed by atoms with E-state index in [1.807, 2.05) is 6.07 Å². The fourth-order valence-electron chi connectivity index (χ4n) is 1.33. The van der Waals surface area contributed by atoms with E-state index in [9.17, 15) is 4.39 Å². The number of nitrogens with one attached hydrogen (secondary N) is 1. The Morgan fingerprint density at radius 1 is 1.32 bits per heavy atom. The number of hydrogen-bond donors (Lipinski definition) is 3. The van der Waals surface area contributed by atoms with Gasteiger partial charge in [0.2, 0.25) is 11.8 Å². The summed E-state index contributed by atoms with van der Waals surface area (Å²) in [5, 5.41) is 8.63. The fourth-order valence-corrected chi connectivity index (χ4v) is 1.33. The van der Waals surface area contributed by atoms with Crippen LogP contribution in [0.4, 0.5) is 16.2 Å². The van der Waals surface area contributed by atoms with E-state index in [4.69, 9.17) is 21.6 Å². The number of hydrogen-bond acceptors (Lipinski definition) is 7. The first-order valence-corrected chi connectivity index (χ1v) is 5.11. The quantitative estimate of drug-likeness (QED) is 0.558. The highest BCUT2D eigenvalue weighted by atomic mass is 19.1. The molecule has 1 aromatic carbocycles. The Morgan fingerprint density at radius 3 is 2.74 bits per heavy atom. The Hall–Kier alpha value is -2.92. The van der Waals surface area contributed by atoms with Crippen molar-refractivity contribution in [2.45, 2.75) is 0 Å². The van der Waals surface area contributed by atoms with E-state index in [1.165, 1.54) is 18.2 Å². The van der Waals surface area contributed by atoms with Gasteiger partial charge < -0.3 is 15.9 Å². The van der Waals surface area contributed by atoms with Crippen molar-refractivity contribution in [1.29, 1.82) is 5.26 Å². The van der Waals surface area contributed by atoms with Crippen molar-refractivity contribution in [2.75, 3.05) is 11.2 Å². The molecule has 0 bridgehead atoms. The van der Waals surface area contributed by atoms with Gasteiger partial charge in [-0.15, -0.1) is 0 Å². The molecule has 0 amide bonds. The smallest absolute Gasteiger partial charge is 0.226 e. The number of aromatic nitrogens is 2. The summed E-state index contributed by atoms with van der Waals surface area (Å²) in [6, 6.07) is 6.97. The number of nitrogens with zero attached hydrogens (tertiary/aromatic N) is 3. The summed E-state index contributed by atoms with van der Waals surface area (Å²) in [6.45, 7) is 0. The predicted molar refractivity (Wildman–Crippen MR) is 65.4 cm³/mol. The van der Waals surface area contributed by atoms with Gasteiger partial charge in [0.05, 0.1) is 11.6 Å². The highest BCUT2D eigenvalue weighted by molar-refractivity contribution is 5.44. The lowest BCUT2D eigenvalue weighted by atomic mass is 10.2. The van der Waals surface area contributed by atoms with Crippen LogP contribution in [0.15, 0.2) is 24.3 Å². The minimum Gasteiger partial charge on any atom is -0.436 e. The average molecular weight is 260 g/mol. The van der Waals surface area contributed by atoms with Crippen molar-refractivity contribution in [2.24, 2.45) is 5.84 Å². The first-order valence-electron chi connectivity index (χ1n) is 5.11. The molecule has 0 fully saturated rings. The average Bonchev–Trinajstić information content (AvgIpc) is 2.40. The highest BCUT2D eigenvalue weighted by Gasteiger charge is 2.09. The second-order valence-electron chi connectivity index (χ2n) is 3.45. The van der Waals surface area contributed by atoms with Crippen LogP contribution in [0.25, 0.3) is 0 Å². The Labute approximate surface area is 107 Å². The van der Waals surface area contributed by atoms with E-state index in [2.05, 4.69) is 15.4 Å². The molecule has 0 spiro atoms. The van der Waals surface area contributed by atoms with Crippen molar-refractivity contribution in [3.05, 3.63) is 35.6 Å². The van der Waals surface area contributed by atoms with E-state index < -0.39 is 5.82 Å². The van der Waals surface area contributed by atoms with E-state index >= 15 is 0 Å². The molecule has 96 valence electrons. The van der Waals surface area contributed by atoms with Crippen LogP contribution in [0.3, 0.4) is 0 Å². The molecular weight excluding hydrogens is 251 g/mol. The van der Waals surface area contributed by atoms with Gasteiger partial charge in [-0.1, -0.05) is 0 Å². The van der Waals surface area contributed by atoms with Crippen LogP contribution in [-0.2, 0) is 0 Å². The lowest BCUT2D eigenvalue weighted by molar-refractivity contribution is 0.427. The molecule has 5 N–H and O–H groups in total. The molecule has 8 heteroatoms. The Balaban J connectivity index is 2.31. The van der Waals surface area contributed by atoms with Crippen molar-refractivity contribution >= 4 is 11.8 Å². The zero-order valence-corrected chi connectivity index (χ0v) is 9.59. The van der Waals surface area contributed by atoms with Crippen molar-refractivity contribution in [1.82, 2.24) is 9.97 Å². The second-order valence-corrected chi connectivity index (χ2v) is 3.45. The van der Waals surface area contributed by atoms with Gasteiger partial charge in [0.15, 0.2) is 11.6 Å². The van der Waals surface area contributed by atoms with E-state index in [1.54, 1.807) is 0 Å². The standard InChI is InChI=1S/C11H9FN6O/c12-7-3-6(5-13)1-2-8(7)19-10-4-9(18-15)16-11(14)17-10/h1-4H,15H2,(H3,14,16,17,18). The molecule has 0 radical (unpaired) electrons. The number of ether oxygens (including phenoxy) is 1. The predicted octanol–water partition coefficient (Wildman–Crippen LogP) is 1.15. The van der Waals surface area contributed by atoms with Crippen LogP contribution in [0.2, 0.25) is 0 Å². The van der Waals surface area contributed by atoms with Gasteiger partial charge in [0, 0.05) is 6.07 Å². The molecule has 1 aromatic heterocycles. The highest BCUT2D eigenvalue weighted by Crippen LogP contribution is 2.25. The van der Waals surface area contributed by atoms with Crippen LogP contribution in [0, 0.1) is 17.1 Å². The Bertz CT molecular complexity index is 654. The number of rotatable bonds is 3. The normalized spacial score (nSPS) is 9.74. The van der Waals surface area contributed by atoms with Crippen LogP contribution in [-0.4, -0.2) is 9.97 Å². The summed E-state index contributed by atoms with van der Waals surface area (Å²) in [4.78, 5) is 7.54. The monoisotopic (exact) mass is 260 g/mol. The van der Waals surface area contributed by atoms with Gasteiger partial charge in [0.1, 0.15) is 5.82 Å². The van der Waals surface area contributed by atoms with Crippen molar-refractivity contribution < 1.29 is 9.13 Å². The maximum absolute atomic E-state index is 13.6. The molecule has 0 aliphatic carbocycles. The van der Waals surface area contributed by atoms with Gasteiger partial charge >= 0.3 is 0 Å². The van der Waals surface area contributed by atoms with Crippen LogP contribution >= 0.6 is 0 Å². The first kappa shape index (κ1) is 12.5. The first-order chi connectivity index (χ1) is 9.12. The lowest BCUT2D eigenvalue weighted by Gasteiger charge is -2.07. The van der Waals surface area contributed by atoms with Gasteiger partial charge in [-0.25, -0.2) is 10.2 Å². The summed E-state index contributed by atoms with van der Waals surface area (Å²) >= 11 is 0. The molecule has 2 rings (SSSR count). The Morgan fingerprint density at radius 2 is 2.11 bits per heavy atom. The lowest BCUT2D eigenvalue weighted by Crippen LogP contribution is -2.10. The molecule has 0 saturated heterocycles. The maximum Gasteiger partial charge on any atom is 0.226 e. The number of nitrogens with two attached hydrogens (primary N) is 2. The molecule has 0 saturated carbocycles. The zero-order valence-electron chi connectivity index (χ0n) is 9.59. The molecule has 1 heterocycles. The fraction of sp³-hybridized carbons (Fsp3) is 0. The van der Waals surface area contributed by atoms with Crippen LogP contribution in [0.5, 0.6) is 11.6 Å². The molecule has 0 unspecified atom stereocenters. The van der Waals surface area contributed by atoms with Crippen molar-refractivity contribution in [3.8, 4) is 17.7 Å². The Kier molecular flexibility index (Phi) is 3.40. The molecule has 0 atom stereocenters. The van der Waals surface area contributed by atoms with Gasteiger partial charge in [0.25, 0.3) is 0 Å². The van der Waals surface area contributed by atoms with Gasteiger partial charge in [-0.3, -0.25) is 0 Å². The topological polar surface area (TPSA) is 123 Å². The SMILES string of the molecule is N#Cc1ccc(Oc2cc(NN)nc(N)n2)c(F)c1. The van der Waals surface area contributed by atoms with E-state index in [-0.39, 0.29) is 29.0 Å². The minimum absolute atomic E-state index is 0.0315. The number of hydrazine groups is 1. The molecule has 0 aliphatic heterocycles. The number of nitriles is 1. The number of nitrogen functional groups attached to an aromatic ring is 2. The van der Waals surface area contributed by atoms with Crippen LogP contribution in [0.1, 0.15) is 5.56 Å². The summed E-state index contributed by atoms with van der Waals surface area (Å²) < 4.78 is 18.8. The summed E-state index contributed by atoms with van der Waals surface area (Å²) in [6.07, 6.45) is 0. The number of halogens is 1. The van der Waals surface area contributed by atoms with E-state index in [0.29, 0.717) is 0 Å². The number of anilines is 2. The minimum atomic E-state index is -0.682. The maximum atomic E-state index is 13.6. The van der Waals surface area contributed by atoms with Crippen molar-refractivity contribution in [3.63, 3.8) is 0 Å². The van der Waals surface area contributed by atoms with Gasteiger partial charge in [-0.2, -0.15) is 15.2 Å². The van der Waals surface area contributed by atoms with Gasteiger partial charge in [-0.05, 0) is 18.2 Å². The summed E-state index contributed by atoms with van der Waals surface area (Å²) in [5.41, 5.74) is 7.91. The molecule has 0 aliphatic rings. The van der Waals surface area contributed by atoms with Crippen LogP contribution < -0.4 is 21.7 Å². The summed E-state index contributed by atoms with van der Waals surface area (Å²) in [7, 11) is 0. The number of benzene rings is 1. The largest absolute Gasteiger partial charge is 0.436 e.